The Kier molecular flexibility index (Phi) is 10.7. The molecule has 3 fully saturated rings. The van der Waals surface area contributed by atoms with Crippen molar-refractivity contribution in [2.45, 2.75) is 68.1 Å². The number of carbonyl (C=O) groups is 4. The molecule has 3 heterocycles. The van der Waals surface area contributed by atoms with Crippen LogP contribution in [0.5, 0.6) is 17.2 Å². The number of carbonyl (C=O) groups excluding carboxylic acids is 4. The number of ether oxygens (including phenoxy) is 3. The summed E-state index contributed by atoms with van der Waals surface area (Å²) in [6.07, 6.45) is 4.32. The third-order valence-electron chi connectivity index (χ3n) is 5.07. The lowest BCUT2D eigenvalue weighted by Crippen LogP contribution is -2.14. The molecule has 3 unspecified atom stereocenters. The first-order valence-electron chi connectivity index (χ1n) is 11.4. The third-order valence-corrected chi connectivity index (χ3v) is 8.58. The van der Waals surface area contributed by atoms with E-state index in [0.717, 1.165) is 19.3 Å². The Bertz CT molecular complexity index is 784. The number of benzene rings is 1. The van der Waals surface area contributed by atoms with E-state index in [1.165, 1.54) is 49.1 Å². The molecule has 7 nitrogen and oxygen atoms in total. The Morgan fingerprint density at radius 1 is 0.676 bits per heavy atom. The molecule has 1 aromatic carbocycles. The number of hydrogen-bond donors (Lipinski definition) is 0. The molecule has 4 rings (SSSR count). The topological polar surface area (TPSA) is 96.0 Å². The molecule has 186 valence electrons. The molecule has 10 heteroatoms. The fourth-order valence-corrected chi connectivity index (χ4v) is 6.40. The van der Waals surface area contributed by atoms with E-state index in [4.69, 9.17) is 14.2 Å². The van der Waals surface area contributed by atoms with Crippen molar-refractivity contribution in [2.75, 3.05) is 19.8 Å². The maximum Gasteiger partial charge on any atom is 0.189 e. The number of ketones is 1. The Morgan fingerprint density at radius 2 is 0.941 bits per heavy atom. The maximum atomic E-state index is 11.5. The molecule has 3 saturated heterocycles. The van der Waals surface area contributed by atoms with E-state index in [1.807, 2.05) is 18.2 Å². The van der Waals surface area contributed by atoms with E-state index in [1.54, 1.807) is 0 Å². The van der Waals surface area contributed by atoms with Crippen LogP contribution in [0.4, 0.5) is 0 Å². The Morgan fingerprint density at radius 3 is 1.15 bits per heavy atom. The van der Waals surface area contributed by atoms with Gasteiger partial charge in [0.25, 0.3) is 0 Å². The van der Waals surface area contributed by atoms with Gasteiger partial charge >= 0.3 is 0 Å². The molecular weight excluding hydrogens is 496 g/mol. The van der Waals surface area contributed by atoms with E-state index >= 15 is 0 Å². The fourth-order valence-electron chi connectivity index (χ4n) is 3.46. The molecule has 34 heavy (non-hydrogen) atoms. The molecular formula is C24H30O7S3. The summed E-state index contributed by atoms with van der Waals surface area (Å²) in [6.45, 7) is 4.43. The van der Waals surface area contributed by atoms with Crippen molar-refractivity contribution in [1.29, 1.82) is 0 Å². The van der Waals surface area contributed by atoms with Crippen LogP contribution in [0.1, 0.15) is 52.4 Å². The van der Waals surface area contributed by atoms with Crippen LogP contribution in [-0.2, 0) is 19.2 Å². The lowest BCUT2D eigenvalue weighted by Gasteiger charge is -2.16. The molecule has 0 amide bonds. The van der Waals surface area contributed by atoms with Gasteiger partial charge in [0, 0.05) is 53.2 Å². The monoisotopic (exact) mass is 526 g/mol. The number of Topliss-reactive ketones (excluding diaryl/α,β-unsaturated/α-hetero) is 1. The highest BCUT2D eigenvalue weighted by Gasteiger charge is 2.26. The molecule has 3 aliphatic rings. The van der Waals surface area contributed by atoms with Crippen molar-refractivity contribution in [3.63, 3.8) is 0 Å². The molecule has 0 spiro atoms. The second-order valence-corrected chi connectivity index (χ2v) is 12.5. The highest BCUT2D eigenvalue weighted by Crippen LogP contribution is 2.34. The number of hydrogen-bond acceptors (Lipinski definition) is 10. The first-order valence-corrected chi connectivity index (χ1v) is 14.0. The van der Waals surface area contributed by atoms with E-state index in [0.29, 0.717) is 56.3 Å². The van der Waals surface area contributed by atoms with Crippen LogP contribution in [0.25, 0.3) is 0 Å². The minimum absolute atomic E-state index is 0.167. The highest BCUT2D eigenvalue weighted by molar-refractivity contribution is 8.15. The summed E-state index contributed by atoms with van der Waals surface area (Å²) >= 11 is 4.06. The standard InChI is InChI=1S/C21H24O6S3.C3H6O/c22-19-4-1-16(28-19)10-25-13-7-14(26-11-17-2-5-20(23)29-17)9-15(8-13)27-12-18-3-6-21(24)30-18;1-3(2)4/h7-9,16-18H,1-6,10-12H2;1-2H3. The Hall–Kier alpha value is -1.65. The van der Waals surface area contributed by atoms with Crippen LogP contribution in [0, 0.1) is 0 Å². The molecule has 1 aromatic rings. The van der Waals surface area contributed by atoms with Crippen LogP contribution >= 0.6 is 35.3 Å². The van der Waals surface area contributed by atoms with Gasteiger partial charge in [0.2, 0.25) is 0 Å². The maximum absolute atomic E-state index is 11.5. The molecule has 3 atom stereocenters. The van der Waals surface area contributed by atoms with Crippen molar-refractivity contribution in [3.8, 4) is 17.2 Å². The molecule has 0 N–H and O–H groups in total. The lowest BCUT2D eigenvalue weighted by atomic mass is 10.2. The predicted molar refractivity (Wildman–Crippen MR) is 136 cm³/mol. The van der Waals surface area contributed by atoms with Gasteiger partial charge in [-0.1, -0.05) is 35.3 Å². The van der Waals surface area contributed by atoms with Gasteiger partial charge in [0.15, 0.2) is 15.3 Å². The fraction of sp³-hybridized carbons (Fsp3) is 0.583. The zero-order valence-electron chi connectivity index (χ0n) is 19.4. The van der Waals surface area contributed by atoms with Crippen LogP contribution in [-0.4, -0.2) is 56.7 Å². The van der Waals surface area contributed by atoms with Crippen molar-refractivity contribution in [3.05, 3.63) is 18.2 Å². The first-order chi connectivity index (χ1) is 16.3. The summed E-state index contributed by atoms with van der Waals surface area (Å²) in [5.74, 6) is 2.06. The van der Waals surface area contributed by atoms with Gasteiger partial charge in [-0.2, -0.15) is 0 Å². The highest BCUT2D eigenvalue weighted by atomic mass is 32.2. The second kappa shape index (κ2) is 13.4. The van der Waals surface area contributed by atoms with Crippen LogP contribution in [0.3, 0.4) is 0 Å². The summed E-state index contributed by atoms with van der Waals surface area (Å²) in [5, 5.41) is 1.18. The predicted octanol–water partition coefficient (Wildman–Crippen LogP) is 4.68. The molecule has 0 bridgehead atoms. The average molecular weight is 527 g/mol. The average Bonchev–Trinajstić information content (AvgIpc) is 3.50. The first kappa shape index (κ1) is 26.9. The van der Waals surface area contributed by atoms with Gasteiger partial charge in [0.1, 0.15) is 42.9 Å². The van der Waals surface area contributed by atoms with Gasteiger partial charge in [-0.25, -0.2) is 0 Å². The second-order valence-electron chi connectivity index (χ2n) is 8.43. The molecule has 0 aliphatic carbocycles. The zero-order chi connectivity index (χ0) is 24.5. The van der Waals surface area contributed by atoms with E-state index in [9.17, 15) is 19.2 Å². The quantitative estimate of drug-likeness (QED) is 0.451. The van der Waals surface area contributed by atoms with Crippen LogP contribution < -0.4 is 14.2 Å². The van der Waals surface area contributed by atoms with Gasteiger partial charge < -0.3 is 19.0 Å². The number of rotatable bonds is 9. The van der Waals surface area contributed by atoms with Crippen molar-refractivity contribution >= 4 is 56.4 Å². The largest absolute Gasteiger partial charge is 0.492 e. The van der Waals surface area contributed by atoms with Gasteiger partial charge in [-0.15, -0.1) is 0 Å². The molecule has 3 aliphatic heterocycles. The number of thioether (sulfide) groups is 3. The smallest absolute Gasteiger partial charge is 0.189 e. The normalized spacial score (nSPS) is 24.1. The summed E-state index contributed by atoms with van der Waals surface area (Å²) < 4.78 is 17.8. The van der Waals surface area contributed by atoms with E-state index < -0.39 is 0 Å². The summed E-state index contributed by atoms with van der Waals surface area (Å²) in [4.78, 5) is 43.8. The van der Waals surface area contributed by atoms with Crippen LogP contribution in [0.15, 0.2) is 18.2 Å². The minimum atomic E-state index is 0.167. The summed E-state index contributed by atoms with van der Waals surface area (Å²) in [5.41, 5.74) is 0. The SMILES string of the molecule is CC(C)=O.O=C1CCC(COc2cc(OCC3CCC(=O)S3)cc(OCC3CCC(=O)S3)c2)S1. The minimum Gasteiger partial charge on any atom is -0.492 e. The molecule has 0 aromatic heterocycles. The van der Waals surface area contributed by atoms with Crippen molar-refractivity contribution in [1.82, 2.24) is 0 Å². The van der Waals surface area contributed by atoms with Gasteiger partial charge in [-0.05, 0) is 33.1 Å². The van der Waals surface area contributed by atoms with Crippen molar-refractivity contribution < 1.29 is 33.4 Å². The third kappa shape index (κ3) is 9.54. The van der Waals surface area contributed by atoms with Crippen LogP contribution in [0.2, 0.25) is 0 Å². The summed E-state index contributed by atoms with van der Waals surface area (Å²) in [7, 11) is 0. The van der Waals surface area contributed by atoms with E-state index in [2.05, 4.69) is 0 Å². The zero-order valence-corrected chi connectivity index (χ0v) is 21.9. The molecule has 0 saturated carbocycles. The summed E-state index contributed by atoms with van der Waals surface area (Å²) in [6, 6.07) is 5.47. The van der Waals surface area contributed by atoms with Crippen molar-refractivity contribution in [2.24, 2.45) is 0 Å². The van der Waals surface area contributed by atoms with Gasteiger partial charge in [-0.3, -0.25) is 14.4 Å². The lowest BCUT2D eigenvalue weighted by molar-refractivity contribution is -0.115. The van der Waals surface area contributed by atoms with E-state index in [-0.39, 0.29) is 36.9 Å². The van der Waals surface area contributed by atoms with Gasteiger partial charge in [0.05, 0.1) is 0 Å². The Balaban J connectivity index is 0.000000751. The Labute approximate surface area is 212 Å². The molecule has 0 radical (unpaired) electrons.